The second-order valence-corrected chi connectivity index (χ2v) is 8.18. The highest BCUT2D eigenvalue weighted by atomic mass is 31.2. The highest BCUT2D eigenvalue weighted by Crippen LogP contribution is 2.64. The number of nitrogens with zero attached hydrogens (tertiary/aromatic N) is 5. The molecule has 0 amide bonds. The maximum absolute atomic E-state index is 13.1. The monoisotopic (exact) mass is 257 g/mol. The third-order valence-electron chi connectivity index (χ3n) is 4.26. The van der Waals surface area contributed by atoms with Gasteiger partial charge in [-0.05, 0) is 39.4 Å². The van der Waals surface area contributed by atoms with E-state index in [1.807, 2.05) is 23.4 Å². The third-order valence-corrected chi connectivity index (χ3v) is 7.74. The van der Waals surface area contributed by atoms with Gasteiger partial charge in [0.15, 0.2) is 0 Å². The highest BCUT2D eigenvalue weighted by Gasteiger charge is 2.53. The molecule has 1 heterocycles. The van der Waals surface area contributed by atoms with Crippen molar-refractivity contribution in [2.45, 2.75) is 50.5 Å². The molecule has 1 aliphatic heterocycles. The molecular formula is C10H20N5OP. The van der Waals surface area contributed by atoms with Crippen molar-refractivity contribution in [3.63, 3.8) is 0 Å². The minimum absolute atomic E-state index is 0.357. The summed E-state index contributed by atoms with van der Waals surface area (Å²) in [5.41, 5.74) is 8.54. The Morgan fingerprint density at radius 2 is 1.76 bits per heavy atom. The van der Waals surface area contributed by atoms with Gasteiger partial charge in [-0.3, -0.25) is 4.57 Å². The minimum atomic E-state index is -2.72. The summed E-state index contributed by atoms with van der Waals surface area (Å²) in [6.45, 7) is 1.75. The van der Waals surface area contributed by atoms with Crippen LogP contribution in [0.2, 0.25) is 0 Å². The predicted molar refractivity (Wildman–Crippen MR) is 67.8 cm³/mol. The number of hydrogen-bond acceptors (Lipinski definition) is 2. The predicted octanol–water partition coefficient (Wildman–Crippen LogP) is 3.02. The van der Waals surface area contributed by atoms with Crippen LogP contribution in [0.1, 0.15) is 32.6 Å². The van der Waals surface area contributed by atoms with E-state index < -0.39 is 13.2 Å². The van der Waals surface area contributed by atoms with Gasteiger partial charge in [-0.1, -0.05) is 18.0 Å². The maximum Gasteiger partial charge on any atom is 0.225 e. The lowest BCUT2D eigenvalue weighted by Crippen LogP contribution is -2.37. The van der Waals surface area contributed by atoms with Crippen molar-refractivity contribution in [2.24, 2.45) is 5.11 Å². The van der Waals surface area contributed by atoms with Crippen LogP contribution in [0, 0.1) is 0 Å². The molecule has 2 rings (SSSR count). The topological polar surface area (TPSA) is 72.3 Å². The largest absolute Gasteiger partial charge is 0.288 e. The summed E-state index contributed by atoms with van der Waals surface area (Å²) < 4.78 is 17.1. The van der Waals surface area contributed by atoms with Gasteiger partial charge in [-0.2, -0.15) is 0 Å². The summed E-state index contributed by atoms with van der Waals surface area (Å²) in [5.74, 6) is -0.479. The summed E-state index contributed by atoms with van der Waals surface area (Å²) >= 11 is 0. The molecule has 1 saturated heterocycles. The van der Waals surface area contributed by atoms with E-state index in [9.17, 15) is 4.57 Å². The molecule has 6 nitrogen and oxygen atoms in total. The van der Waals surface area contributed by atoms with E-state index in [0.717, 1.165) is 12.8 Å². The van der Waals surface area contributed by atoms with Gasteiger partial charge < -0.3 is 0 Å². The SMILES string of the molecule is C[C@@H](N=[N+]=[N-])P1(=O)N(C)[C@@H]2CCCC[C@H]2N1C. The van der Waals surface area contributed by atoms with E-state index in [1.165, 1.54) is 12.8 Å². The molecule has 0 bridgehead atoms. The first kappa shape index (κ1) is 12.9. The van der Waals surface area contributed by atoms with Gasteiger partial charge in [0.1, 0.15) is 5.78 Å². The van der Waals surface area contributed by atoms with Crippen molar-refractivity contribution in [3.8, 4) is 0 Å². The normalized spacial score (nSPS) is 35.0. The van der Waals surface area contributed by atoms with Crippen LogP contribution in [0.5, 0.6) is 0 Å². The maximum atomic E-state index is 13.1. The molecule has 0 N–H and O–H groups in total. The van der Waals surface area contributed by atoms with Gasteiger partial charge in [0.05, 0.1) is 0 Å². The first-order valence-corrected chi connectivity index (χ1v) is 7.82. The van der Waals surface area contributed by atoms with Crippen molar-refractivity contribution in [1.29, 1.82) is 0 Å². The Labute approximate surface area is 102 Å². The summed E-state index contributed by atoms with van der Waals surface area (Å²) in [4.78, 5) is 2.81. The van der Waals surface area contributed by atoms with Crippen LogP contribution in [0.3, 0.4) is 0 Å². The Balaban J connectivity index is 2.34. The summed E-state index contributed by atoms with van der Waals surface area (Å²) in [5, 5.41) is 3.67. The Morgan fingerprint density at radius 1 is 1.29 bits per heavy atom. The van der Waals surface area contributed by atoms with Crippen LogP contribution in [0.25, 0.3) is 10.4 Å². The Hall–Kier alpha value is -0.540. The number of likely N-dealkylation sites (N-methyl/N-ethyl adjacent to an activating group) is 2. The standard InChI is InChI=1S/C10H20N5OP/c1-8(12-13-11)17(16)14(2)9-6-4-5-7-10(9)15(17)3/h8-10H,4-7H2,1-3H3/t8-,9+,10+/m0/s1. The fraction of sp³-hybridized carbons (Fsp3) is 1.00. The van der Waals surface area contributed by atoms with Crippen molar-refractivity contribution in [2.75, 3.05) is 14.1 Å². The minimum Gasteiger partial charge on any atom is -0.288 e. The van der Waals surface area contributed by atoms with Gasteiger partial charge >= 0.3 is 0 Å². The molecule has 1 saturated carbocycles. The van der Waals surface area contributed by atoms with Crippen molar-refractivity contribution in [3.05, 3.63) is 10.4 Å². The average molecular weight is 257 g/mol. The van der Waals surface area contributed by atoms with E-state index >= 15 is 0 Å². The fourth-order valence-electron chi connectivity index (χ4n) is 3.28. The quantitative estimate of drug-likeness (QED) is 0.330. The fourth-order valence-corrected chi connectivity index (χ4v) is 6.35. The molecule has 0 radical (unpaired) electrons. The van der Waals surface area contributed by atoms with Crippen LogP contribution < -0.4 is 0 Å². The lowest BCUT2D eigenvalue weighted by Gasteiger charge is -2.29. The Kier molecular flexibility index (Phi) is 3.50. The first-order valence-electron chi connectivity index (χ1n) is 6.14. The summed E-state index contributed by atoms with van der Waals surface area (Å²) in [6.07, 6.45) is 4.60. The average Bonchev–Trinajstić information content (AvgIpc) is 2.54. The van der Waals surface area contributed by atoms with Gasteiger partial charge in [-0.15, -0.1) is 0 Å². The van der Waals surface area contributed by atoms with Gasteiger partial charge in [0.2, 0.25) is 7.44 Å². The smallest absolute Gasteiger partial charge is 0.225 e. The lowest BCUT2D eigenvalue weighted by atomic mass is 9.91. The van der Waals surface area contributed by atoms with Crippen LogP contribution in [-0.4, -0.2) is 41.3 Å². The summed E-state index contributed by atoms with van der Waals surface area (Å²) in [7, 11) is 1.11. The van der Waals surface area contributed by atoms with E-state index in [1.54, 1.807) is 6.92 Å². The second-order valence-electron chi connectivity index (χ2n) is 4.99. The molecular weight excluding hydrogens is 237 g/mol. The van der Waals surface area contributed by atoms with E-state index in [0.29, 0.717) is 12.1 Å². The number of hydrogen-bond donors (Lipinski definition) is 0. The van der Waals surface area contributed by atoms with Gasteiger partial charge in [-0.25, -0.2) is 9.34 Å². The molecule has 0 spiro atoms. The Morgan fingerprint density at radius 3 is 2.18 bits per heavy atom. The van der Waals surface area contributed by atoms with Gasteiger partial charge in [0.25, 0.3) is 0 Å². The van der Waals surface area contributed by atoms with Crippen LogP contribution in [0.4, 0.5) is 0 Å². The number of fused-ring (bicyclic) bond motifs is 1. The molecule has 96 valence electrons. The number of rotatable bonds is 2. The van der Waals surface area contributed by atoms with Crippen LogP contribution in [-0.2, 0) is 4.57 Å². The molecule has 1 aliphatic carbocycles. The Bertz CT molecular complexity index is 372. The van der Waals surface area contributed by atoms with Crippen molar-refractivity contribution < 1.29 is 4.57 Å². The van der Waals surface area contributed by atoms with Crippen LogP contribution in [0.15, 0.2) is 5.11 Å². The molecule has 0 aromatic heterocycles. The highest BCUT2D eigenvalue weighted by molar-refractivity contribution is 7.60. The lowest BCUT2D eigenvalue weighted by molar-refractivity contribution is 0.233. The molecule has 2 fully saturated rings. The van der Waals surface area contributed by atoms with E-state index in [-0.39, 0.29) is 0 Å². The zero-order valence-electron chi connectivity index (χ0n) is 10.7. The van der Waals surface area contributed by atoms with E-state index in [4.69, 9.17) is 5.53 Å². The van der Waals surface area contributed by atoms with Crippen molar-refractivity contribution in [1.82, 2.24) is 9.34 Å². The van der Waals surface area contributed by atoms with Crippen molar-refractivity contribution >= 4 is 7.44 Å². The second kappa shape index (κ2) is 4.62. The first-order chi connectivity index (χ1) is 8.03. The molecule has 0 aromatic rings. The number of azide groups is 1. The third kappa shape index (κ3) is 1.80. The molecule has 7 heteroatoms. The molecule has 3 atom stereocenters. The zero-order valence-corrected chi connectivity index (χ0v) is 11.5. The van der Waals surface area contributed by atoms with Crippen LogP contribution >= 0.6 is 7.44 Å². The molecule has 0 aromatic carbocycles. The van der Waals surface area contributed by atoms with Gasteiger partial charge in [0, 0.05) is 17.0 Å². The molecule has 17 heavy (non-hydrogen) atoms. The summed E-state index contributed by atoms with van der Waals surface area (Å²) in [6, 6.07) is 0.715. The van der Waals surface area contributed by atoms with E-state index in [2.05, 4.69) is 10.0 Å². The zero-order chi connectivity index (χ0) is 12.6. The molecule has 0 unspecified atom stereocenters. The molecule has 2 aliphatic rings.